The lowest BCUT2D eigenvalue weighted by Crippen LogP contribution is -2.42. The highest BCUT2D eigenvalue weighted by Gasteiger charge is 2.52. The minimum atomic E-state index is -0.389. The van der Waals surface area contributed by atoms with Gasteiger partial charge in [0.1, 0.15) is 0 Å². The number of likely N-dealkylation sites (tertiary alicyclic amines) is 1. The number of hydrogen-bond acceptors (Lipinski definition) is 4. The Morgan fingerprint density at radius 3 is 2.35 bits per heavy atom. The third-order valence-corrected chi connectivity index (χ3v) is 5.30. The second-order valence-electron chi connectivity index (χ2n) is 7.40. The molecule has 2 amide bonds. The summed E-state index contributed by atoms with van der Waals surface area (Å²) < 4.78 is 14.1. The van der Waals surface area contributed by atoms with Crippen LogP contribution in [0.5, 0.6) is 0 Å². The van der Waals surface area contributed by atoms with Gasteiger partial charge in [-0.05, 0) is 40.5 Å². The van der Waals surface area contributed by atoms with Crippen LogP contribution in [0.4, 0.5) is 4.79 Å². The third kappa shape index (κ3) is 2.97. The average Bonchev–Trinajstić information content (AvgIpc) is 3.02. The van der Waals surface area contributed by atoms with E-state index in [2.05, 4.69) is 5.10 Å². The quantitative estimate of drug-likeness (QED) is 0.821. The number of rotatable bonds is 2. The highest BCUT2D eigenvalue weighted by molar-refractivity contribution is 6.62. The van der Waals surface area contributed by atoms with Gasteiger partial charge >= 0.3 is 13.1 Å². The molecule has 0 unspecified atom stereocenters. The smallest absolute Gasteiger partial charge is 0.399 e. The fraction of sp³-hybridized carbons (Fsp3) is 0.733. The molecular formula is C15H25BN4O3. The SMILES string of the molecule is CC1(C)OB(c2cnn(C3CCN(C(N)=O)CC3)c2)OC1(C)C. The number of urea groups is 1. The normalized spacial score (nSPS) is 24.2. The molecule has 0 saturated carbocycles. The van der Waals surface area contributed by atoms with Gasteiger partial charge in [0.2, 0.25) is 0 Å². The Balaban J connectivity index is 1.67. The zero-order valence-corrected chi connectivity index (χ0v) is 14.3. The van der Waals surface area contributed by atoms with Crippen LogP contribution in [0.1, 0.15) is 46.6 Å². The van der Waals surface area contributed by atoms with Crippen molar-refractivity contribution in [3.63, 3.8) is 0 Å². The molecule has 2 N–H and O–H groups in total. The Bertz CT molecular complexity index is 577. The Labute approximate surface area is 137 Å². The zero-order valence-electron chi connectivity index (χ0n) is 14.3. The molecule has 2 fully saturated rings. The van der Waals surface area contributed by atoms with Gasteiger partial charge in [0.25, 0.3) is 0 Å². The van der Waals surface area contributed by atoms with Crippen molar-refractivity contribution in [2.45, 2.75) is 57.8 Å². The minimum absolute atomic E-state index is 0.279. The summed E-state index contributed by atoms with van der Waals surface area (Å²) in [7, 11) is -0.389. The largest absolute Gasteiger partial charge is 0.498 e. The summed E-state index contributed by atoms with van der Waals surface area (Å²) in [5.74, 6) is 0. The van der Waals surface area contributed by atoms with E-state index in [9.17, 15) is 4.79 Å². The zero-order chi connectivity index (χ0) is 16.8. The second kappa shape index (κ2) is 5.52. The first-order chi connectivity index (χ1) is 10.7. The first kappa shape index (κ1) is 16.3. The molecule has 0 atom stereocenters. The summed E-state index contributed by atoms with van der Waals surface area (Å²) in [5, 5.41) is 4.47. The highest BCUT2D eigenvalue weighted by Crippen LogP contribution is 2.36. The minimum Gasteiger partial charge on any atom is -0.399 e. The van der Waals surface area contributed by atoms with Crippen molar-refractivity contribution in [3.05, 3.63) is 12.4 Å². The van der Waals surface area contributed by atoms with E-state index in [4.69, 9.17) is 15.0 Å². The summed E-state index contributed by atoms with van der Waals surface area (Å²) in [6, 6.07) is -0.0661. The summed E-state index contributed by atoms with van der Waals surface area (Å²) in [4.78, 5) is 12.9. The van der Waals surface area contributed by atoms with Crippen LogP contribution in [-0.4, -0.2) is 52.1 Å². The van der Waals surface area contributed by atoms with Gasteiger partial charge in [0.15, 0.2) is 0 Å². The van der Waals surface area contributed by atoms with E-state index in [0.717, 1.165) is 18.3 Å². The van der Waals surface area contributed by atoms with Crippen molar-refractivity contribution in [2.24, 2.45) is 5.73 Å². The van der Waals surface area contributed by atoms with Gasteiger partial charge < -0.3 is 19.9 Å². The number of amides is 2. The summed E-state index contributed by atoms with van der Waals surface area (Å²) in [5.41, 5.74) is 5.54. The lowest BCUT2D eigenvalue weighted by atomic mass is 9.82. The van der Waals surface area contributed by atoms with Crippen molar-refractivity contribution >= 4 is 18.6 Å². The maximum Gasteiger partial charge on any atom is 0.498 e. The predicted molar refractivity (Wildman–Crippen MR) is 87.4 cm³/mol. The van der Waals surface area contributed by atoms with Crippen molar-refractivity contribution in [1.82, 2.24) is 14.7 Å². The van der Waals surface area contributed by atoms with Crippen molar-refractivity contribution < 1.29 is 14.1 Å². The summed E-state index contributed by atoms with van der Waals surface area (Å²) >= 11 is 0. The van der Waals surface area contributed by atoms with Gasteiger partial charge in [-0.2, -0.15) is 5.10 Å². The molecule has 8 heteroatoms. The molecule has 126 valence electrons. The Kier molecular flexibility index (Phi) is 3.92. The molecule has 0 radical (unpaired) electrons. The van der Waals surface area contributed by atoms with E-state index in [1.165, 1.54) is 0 Å². The van der Waals surface area contributed by atoms with Gasteiger partial charge in [0, 0.05) is 30.9 Å². The molecule has 0 bridgehead atoms. The number of carbonyl (C=O) groups excluding carboxylic acids is 1. The second-order valence-corrected chi connectivity index (χ2v) is 7.40. The molecule has 0 aliphatic carbocycles. The molecule has 1 aromatic heterocycles. The fourth-order valence-electron chi connectivity index (χ4n) is 3.00. The lowest BCUT2D eigenvalue weighted by molar-refractivity contribution is 0.00578. The van der Waals surface area contributed by atoms with Crippen LogP contribution in [0.15, 0.2) is 12.4 Å². The number of carbonyl (C=O) groups is 1. The fourth-order valence-corrected chi connectivity index (χ4v) is 3.00. The molecule has 2 saturated heterocycles. The Morgan fingerprint density at radius 2 is 1.83 bits per heavy atom. The number of hydrogen-bond donors (Lipinski definition) is 1. The van der Waals surface area contributed by atoms with Crippen LogP contribution in [0.2, 0.25) is 0 Å². The van der Waals surface area contributed by atoms with Crippen LogP contribution >= 0.6 is 0 Å². The molecule has 0 aromatic carbocycles. The molecule has 2 aliphatic rings. The number of piperidine rings is 1. The monoisotopic (exact) mass is 320 g/mol. The van der Waals surface area contributed by atoms with Gasteiger partial charge in [-0.15, -0.1) is 0 Å². The lowest BCUT2D eigenvalue weighted by Gasteiger charge is -2.32. The van der Waals surface area contributed by atoms with Crippen molar-refractivity contribution in [3.8, 4) is 0 Å². The standard InChI is InChI=1S/C15H25BN4O3/c1-14(2)15(3,4)23-16(22-14)11-9-18-20(10-11)12-5-7-19(8-6-12)13(17)21/h9-10,12H,5-8H2,1-4H3,(H2,17,21). The van der Waals surface area contributed by atoms with E-state index in [1.807, 2.05) is 44.8 Å². The maximum atomic E-state index is 11.2. The molecular weight excluding hydrogens is 295 g/mol. The number of primary amides is 1. The average molecular weight is 320 g/mol. The number of nitrogens with zero attached hydrogens (tertiary/aromatic N) is 3. The number of aromatic nitrogens is 2. The number of nitrogens with two attached hydrogens (primary N) is 1. The first-order valence-corrected chi connectivity index (χ1v) is 8.14. The molecule has 0 spiro atoms. The third-order valence-electron chi connectivity index (χ3n) is 5.30. The van der Waals surface area contributed by atoms with Crippen LogP contribution in [0, 0.1) is 0 Å². The predicted octanol–water partition coefficient (Wildman–Crippen LogP) is 0.898. The molecule has 3 rings (SSSR count). The first-order valence-electron chi connectivity index (χ1n) is 8.14. The van der Waals surface area contributed by atoms with E-state index in [0.29, 0.717) is 13.1 Å². The van der Waals surface area contributed by atoms with E-state index in [-0.39, 0.29) is 30.4 Å². The van der Waals surface area contributed by atoms with Gasteiger partial charge in [-0.3, -0.25) is 4.68 Å². The Morgan fingerprint density at radius 1 is 1.26 bits per heavy atom. The van der Waals surface area contributed by atoms with Crippen molar-refractivity contribution in [2.75, 3.05) is 13.1 Å². The maximum absolute atomic E-state index is 11.2. The van der Waals surface area contributed by atoms with E-state index >= 15 is 0 Å². The van der Waals surface area contributed by atoms with Crippen LogP contribution in [0.3, 0.4) is 0 Å². The van der Waals surface area contributed by atoms with Gasteiger partial charge in [0.05, 0.1) is 17.2 Å². The van der Waals surface area contributed by atoms with Gasteiger partial charge in [-0.25, -0.2) is 4.79 Å². The summed E-state index contributed by atoms with van der Waals surface area (Å²) in [6.45, 7) is 9.50. The van der Waals surface area contributed by atoms with Crippen molar-refractivity contribution in [1.29, 1.82) is 0 Å². The Hall–Kier alpha value is -1.54. The van der Waals surface area contributed by atoms with Gasteiger partial charge in [-0.1, -0.05) is 0 Å². The molecule has 3 heterocycles. The summed E-state index contributed by atoms with van der Waals surface area (Å²) in [6.07, 6.45) is 5.51. The van der Waals surface area contributed by atoms with E-state index < -0.39 is 0 Å². The van der Waals surface area contributed by atoms with Crippen LogP contribution in [-0.2, 0) is 9.31 Å². The van der Waals surface area contributed by atoms with Crippen LogP contribution in [0.25, 0.3) is 0 Å². The highest BCUT2D eigenvalue weighted by atomic mass is 16.7. The molecule has 2 aliphatic heterocycles. The molecule has 23 heavy (non-hydrogen) atoms. The molecule has 1 aromatic rings. The molecule has 7 nitrogen and oxygen atoms in total. The topological polar surface area (TPSA) is 82.6 Å². The van der Waals surface area contributed by atoms with E-state index in [1.54, 1.807) is 4.90 Å². The van der Waals surface area contributed by atoms with Crippen LogP contribution < -0.4 is 11.2 Å².